The summed E-state index contributed by atoms with van der Waals surface area (Å²) in [4.78, 5) is 2.17. The van der Waals surface area contributed by atoms with Crippen molar-refractivity contribution in [1.82, 2.24) is 4.90 Å². The van der Waals surface area contributed by atoms with Crippen molar-refractivity contribution >= 4 is 29.2 Å². The number of thiocarbonyl (C=S) groups is 1. The molecule has 0 aromatic heterocycles. The van der Waals surface area contributed by atoms with E-state index in [-0.39, 0.29) is 0 Å². The summed E-state index contributed by atoms with van der Waals surface area (Å²) in [6.45, 7) is 1.83. The molecule has 0 saturated carbocycles. The number of hydrogen-bond acceptors (Lipinski definition) is 1. The van der Waals surface area contributed by atoms with Crippen molar-refractivity contribution in [1.29, 1.82) is 0 Å². The van der Waals surface area contributed by atoms with E-state index >= 15 is 0 Å². The van der Waals surface area contributed by atoms with Crippen LogP contribution in [-0.2, 0) is 12.8 Å². The molecule has 3 heteroatoms. The summed E-state index contributed by atoms with van der Waals surface area (Å²) in [5, 5.41) is 0. The second-order valence-electron chi connectivity index (χ2n) is 4.74. The van der Waals surface area contributed by atoms with Crippen LogP contribution in [0, 0.1) is 0 Å². The molecule has 1 nitrogen and oxygen atoms in total. The van der Waals surface area contributed by atoms with Crippen LogP contribution in [0.5, 0.6) is 0 Å². The average molecular weight is 301 g/mol. The Balaban J connectivity index is 1.86. The van der Waals surface area contributed by atoms with Gasteiger partial charge in [0.05, 0.1) is 0 Å². The molecule has 104 valence electrons. The number of thiol groups is 1. The molecule has 2 aromatic rings. The van der Waals surface area contributed by atoms with Gasteiger partial charge in [-0.25, -0.2) is 0 Å². The molecule has 0 saturated heterocycles. The Bertz CT molecular complexity index is 482. The van der Waals surface area contributed by atoms with Gasteiger partial charge in [0.1, 0.15) is 4.32 Å². The maximum Gasteiger partial charge on any atom is 0.133 e. The van der Waals surface area contributed by atoms with Gasteiger partial charge in [0.15, 0.2) is 0 Å². The molecule has 20 heavy (non-hydrogen) atoms. The molecule has 0 spiro atoms. The Morgan fingerprint density at radius 3 is 1.55 bits per heavy atom. The summed E-state index contributed by atoms with van der Waals surface area (Å²) in [5.41, 5.74) is 2.67. The van der Waals surface area contributed by atoms with Crippen LogP contribution in [-0.4, -0.2) is 22.3 Å². The molecular formula is C17H19NS2. The third kappa shape index (κ3) is 4.99. The summed E-state index contributed by atoms with van der Waals surface area (Å²) in [6, 6.07) is 21.0. The Morgan fingerprint density at radius 1 is 0.800 bits per heavy atom. The first-order chi connectivity index (χ1) is 9.75. The highest BCUT2D eigenvalue weighted by molar-refractivity contribution is 8.10. The van der Waals surface area contributed by atoms with Gasteiger partial charge in [-0.15, -0.1) is 12.6 Å². The first-order valence-corrected chi connectivity index (χ1v) is 7.67. The van der Waals surface area contributed by atoms with Crippen LogP contribution in [0.25, 0.3) is 0 Å². The van der Waals surface area contributed by atoms with Crippen molar-refractivity contribution in [2.24, 2.45) is 0 Å². The van der Waals surface area contributed by atoms with Crippen molar-refractivity contribution in [2.45, 2.75) is 12.8 Å². The minimum Gasteiger partial charge on any atom is -0.357 e. The van der Waals surface area contributed by atoms with Gasteiger partial charge in [-0.3, -0.25) is 0 Å². The molecule has 0 aliphatic carbocycles. The summed E-state index contributed by atoms with van der Waals surface area (Å²) < 4.78 is 0.678. The predicted molar refractivity (Wildman–Crippen MR) is 93.4 cm³/mol. The molecule has 0 amide bonds. The van der Waals surface area contributed by atoms with Crippen LogP contribution >= 0.6 is 24.8 Å². The first kappa shape index (κ1) is 15.1. The lowest BCUT2D eigenvalue weighted by atomic mass is 10.1. The fourth-order valence-corrected chi connectivity index (χ4v) is 2.50. The maximum absolute atomic E-state index is 5.24. The lowest BCUT2D eigenvalue weighted by Crippen LogP contribution is -2.30. The van der Waals surface area contributed by atoms with Crippen molar-refractivity contribution in [3.8, 4) is 0 Å². The van der Waals surface area contributed by atoms with Gasteiger partial charge < -0.3 is 4.90 Å². The summed E-state index contributed by atoms with van der Waals surface area (Å²) in [7, 11) is 0. The van der Waals surface area contributed by atoms with Crippen LogP contribution in [0.15, 0.2) is 60.7 Å². The Morgan fingerprint density at radius 2 is 1.20 bits per heavy atom. The minimum absolute atomic E-state index is 0.678. The standard InChI is InChI=1S/C17H19NS2/c19-17(20)18(13-11-15-7-3-1-4-8-15)14-12-16-9-5-2-6-10-16/h1-10H,11-14H2,(H,19,20). The lowest BCUT2D eigenvalue weighted by molar-refractivity contribution is 0.441. The fourth-order valence-electron chi connectivity index (χ4n) is 2.12. The van der Waals surface area contributed by atoms with E-state index in [0.717, 1.165) is 25.9 Å². The van der Waals surface area contributed by atoms with Gasteiger partial charge in [-0.2, -0.15) is 0 Å². The zero-order valence-corrected chi connectivity index (χ0v) is 13.1. The third-order valence-electron chi connectivity index (χ3n) is 3.30. The minimum atomic E-state index is 0.678. The average Bonchev–Trinajstić information content (AvgIpc) is 2.49. The number of hydrogen-bond donors (Lipinski definition) is 1. The topological polar surface area (TPSA) is 3.24 Å². The lowest BCUT2D eigenvalue weighted by Gasteiger charge is -2.22. The molecule has 0 fully saturated rings. The molecule has 2 aromatic carbocycles. The molecule has 0 unspecified atom stereocenters. The highest BCUT2D eigenvalue weighted by atomic mass is 32.1. The fraction of sp³-hybridized carbons (Fsp3) is 0.235. The van der Waals surface area contributed by atoms with Gasteiger partial charge in [0.2, 0.25) is 0 Å². The van der Waals surface area contributed by atoms with Crippen molar-refractivity contribution < 1.29 is 0 Å². The van der Waals surface area contributed by atoms with E-state index in [1.807, 2.05) is 12.1 Å². The number of nitrogens with zero attached hydrogens (tertiary/aromatic N) is 1. The van der Waals surface area contributed by atoms with Crippen LogP contribution in [0.3, 0.4) is 0 Å². The summed E-state index contributed by atoms with van der Waals surface area (Å²) in [5.74, 6) is 0. The summed E-state index contributed by atoms with van der Waals surface area (Å²) >= 11 is 9.58. The Hall–Kier alpha value is -1.32. The second-order valence-corrected chi connectivity index (χ2v) is 5.85. The molecule has 0 radical (unpaired) electrons. The van der Waals surface area contributed by atoms with Crippen LogP contribution in [0.2, 0.25) is 0 Å². The van der Waals surface area contributed by atoms with Crippen molar-refractivity contribution in [3.63, 3.8) is 0 Å². The SMILES string of the molecule is S=C(S)N(CCc1ccccc1)CCc1ccccc1. The first-order valence-electron chi connectivity index (χ1n) is 6.81. The zero-order chi connectivity index (χ0) is 14.2. The Labute approximate surface area is 132 Å². The van der Waals surface area contributed by atoms with E-state index in [4.69, 9.17) is 12.2 Å². The zero-order valence-electron chi connectivity index (χ0n) is 11.4. The largest absolute Gasteiger partial charge is 0.357 e. The molecule has 0 heterocycles. The second kappa shape index (κ2) is 8.08. The third-order valence-corrected chi connectivity index (χ3v) is 3.84. The molecule has 0 aliphatic rings. The van der Waals surface area contributed by atoms with E-state index < -0.39 is 0 Å². The predicted octanol–water partition coefficient (Wildman–Crippen LogP) is 3.99. The van der Waals surface area contributed by atoms with Gasteiger partial charge in [0, 0.05) is 13.1 Å². The molecule has 0 aliphatic heterocycles. The smallest absolute Gasteiger partial charge is 0.133 e. The van der Waals surface area contributed by atoms with Crippen LogP contribution in [0.4, 0.5) is 0 Å². The van der Waals surface area contributed by atoms with Crippen LogP contribution < -0.4 is 0 Å². The molecule has 0 atom stereocenters. The highest BCUT2D eigenvalue weighted by Gasteiger charge is 2.06. The van der Waals surface area contributed by atoms with E-state index in [0.29, 0.717) is 4.32 Å². The van der Waals surface area contributed by atoms with Gasteiger partial charge in [0.25, 0.3) is 0 Å². The van der Waals surface area contributed by atoms with E-state index in [9.17, 15) is 0 Å². The summed E-state index contributed by atoms with van der Waals surface area (Å²) in [6.07, 6.45) is 1.99. The Kier molecular flexibility index (Phi) is 6.09. The van der Waals surface area contributed by atoms with Gasteiger partial charge >= 0.3 is 0 Å². The highest BCUT2D eigenvalue weighted by Crippen LogP contribution is 2.07. The molecule has 0 bridgehead atoms. The number of benzene rings is 2. The molecular weight excluding hydrogens is 282 g/mol. The molecule has 0 N–H and O–H groups in total. The molecule has 2 rings (SSSR count). The van der Waals surface area contributed by atoms with E-state index in [1.54, 1.807) is 0 Å². The van der Waals surface area contributed by atoms with E-state index in [1.165, 1.54) is 11.1 Å². The normalized spacial score (nSPS) is 10.2. The van der Waals surface area contributed by atoms with E-state index in [2.05, 4.69) is 66.1 Å². The van der Waals surface area contributed by atoms with Crippen molar-refractivity contribution in [2.75, 3.05) is 13.1 Å². The maximum atomic E-state index is 5.24. The van der Waals surface area contributed by atoms with Gasteiger partial charge in [-0.05, 0) is 24.0 Å². The quantitative estimate of drug-likeness (QED) is 0.635. The van der Waals surface area contributed by atoms with Gasteiger partial charge in [-0.1, -0.05) is 72.9 Å². The van der Waals surface area contributed by atoms with Crippen LogP contribution in [0.1, 0.15) is 11.1 Å². The monoisotopic (exact) mass is 301 g/mol. The number of rotatable bonds is 6. The van der Waals surface area contributed by atoms with Crippen molar-refractivity contribution in [3.05, 3.63) is 71.8 Å².